The Balaban J connectivity index is 1.36. The van der Waals surface area contributed by atoms with Gasteiger partial charge in [0.2, 0.25) is 0 Å². The zero-order valence-electron chi connectivity index (χ0n) is 15.3. The number of likely N-dealkylation sites (N-methyl/N-ethyl adjacent to an activating group) is 1. The minimum atomic E-state index is -0.230. The Kier molecular flexibility index (Phi) is 4.78. The summed E-state index contributed by atoms with van der Waals surface area (Å²) in [7, 11) is 2.02. The molecule has 0 unspecified atom stereocenters. The lowest BCUT2D eigenvalue weighted by molar-refractivity contribution is -0.0389. The van der Waals surface area contributed by atoms with Crippen molar-refractivity contribution in [3.63, 3.8) is 0 Å². The molecule has 2 aromatic rings. The zero-order valence-corrected chi connectivity index (χ0v) is 15.3. The standard InChI is InChI=1S/C20H23FN4O2/c1-24(16-6-4-15(21)5-7-16)17-13-20(27-14-17)8-11-25(12-9-20)19(26)18-3-2-10-22-23-18/h2-7,10,17H,8-9,11-14H2,1H3/t17-/m0/s1. The van der Waals surface area contributed by atoms with E-state index in [-0.39, 0.29) is 23.4 Å². The average molecular weight is 370 g/mol. The van der Waals surface area contributed by atoms with Crippen LogP contribution in [0.25, 0.3) is 0 Å². The number of hydrogen-bond acceptors (Lipinski definition) is 5. The highest BCUT2D eigenvalue weighted by Gasteiger charge is 2.44. The van der Waals surface area contributed by atoms with Crippen LogP contribution in [0, 0.1) is 5.82 Å². The van der Waals surface area contributed by atoms with E-state index in [2.05, 4.69) is 15.1 Å². The molecule has 3 heterocycles. The van der Waals surface area contributed by atoms with Crippen LogP contribution in [0.2, 0.25) is 0 Å². The minimum Gasteiger partial charge on any atom is -0.373 e. The second kappa shape index (κ2) is 7.23. The molecule has 0 aliphatic carbocycles. The van der Waals surface area contributed by atoms with Gasteiger partial charge in [0.25, 0.3) is 5.91 Å². The number of piperidine rings is 1. The van der Waals surface area contributed by atoms with Crippen molar-refractivity contribution in [3.05, 3.63) is 54.1 Å². The number of nitrogens with zero attached hydrogens (tertiary/aromatic N) is 4. The Morgan fingerprint density at radius 2 is 2.00 bits per heavy atom. The quantitative estimate of drug-likeness (QED) is 0.831. The van der Waals surface area contributed by atoms with Crippen molar-refractivity contribution >= 4 is 11.6 Å². The lowest BCUT2D eigenvalue weighted by atomic mass is 9.87. The molecular weight excluding hydrogens is 347 g/mol. The maximum absolute atomic E-state index is 13.2. The van der Waals surface area contributed by atoms with E-state index in [1.807, 2.05) is 11.9 Å². The second-order valence-corrected chi connectivity index (χ2v) is 7.34. The molecule has 0 radical (unpaired) electrons. The smallest absolute Gasteiger partial charge is 0.274 e. The maximum Gasteiger partial charge on any atom is 0.274 e. The van der Waals surface area contributed by atoms with Crippen molar-refractivity contribution in [2.45, 2.75) is 30.9 Å². The molecule has 1 atom stereocenters. The number of hydrogen-bond donors (Lipinski definition) is 0. The van der Waals surface area contributed by atoms with E-state index in [4.69, 9.17) is 4.74 Å². The van der Waals surface area contributed by atoms with Gasteiger partial charge in [0.05, 0.1) is 18.2 Å². The molecule has 1 spiro atoms. The van der Waals surface area contributed by atoms with Gasteiger partial charge in [0, 0.05) is 32.0 Å². The van der Waals surface area contributed by atoms with Crippen molar-refractivity contribution in [3.8, 4) is 0 Å². The van der Waals surface area contributed by atoms with Crippen molar-refractivity contribution in [2.75, 3.05) is 31.6 Å². The van der Waals surface area contributed by atoms with Crippen LogP contribution in [0.3, 0.4) is 0 Å². The van der Waals surface area contributed by atoms with Gasteiger partial charge in [0.1, 0.15) is 5.82 Å². The van der Waals surface area contributed by atoms with E-state index >= 15 is 0 Å². The number of halogens is 1. The van der Waals surface area contributed by atoms with Crippen LogP contribution < -0.4 is 4.90 Å². The molecule has 2 aliphatic rings. The van der Waals surface area contributed by atoms with Crippen LogP contribution in [0.15, 0.2) is 42.6 Å². The van der Waals surface area contributed by atoms with Gasteiger partial charge in [-0.1, -0.05) is 0 Å². The molecule has 1 aromatic heterocycles. The number of amides is 1. The molecule has 27 heavy (non-hydrogen) atoms. The highest BCUT2D eigenvalue weighted by molar-refractivity contribution is 5.92. The third kappa shape index (κ3) is 3.64. The molecule has 142 valence electrons. The Morgan fingerprint density at radius 3 is 2.67 bits per heavy atom. The first-order valence-electron chi connectivity index (χ1n) is 9.26. The largest absolute Gasteiger partial charge is 0.373 e. The molecule has 1 amide bonds. The summed E-state index contributed by atoms with van der Waals surface area (Å²) < 4.78 is 19.4. The van der Waals surface area contributed by atoms with Crippen LogP contribution in [0.1, 0.15) is 29.8 Å². The first-order chi connectivity index (χ1) is 13.1. The van der Waals surface area contributed by atoms with Crippen molar-refractivity contribution < 1.29 is 13.9 Å². The number of likely N-dealkylation sites (tertiary alicyclic amines) is 1. The van der Waals surface area contributed by atoms with E-state index in [1.165, 1.54) is 12.1 Å². The molecular formula is C20H23FN4O2. The summed E-state index contributed by atoms with van der Waals surface area (Å²) >= 11 is 0. The third-order valence-electron chi connectivity index (χ3n) is 5.72. The summed E-state index contributed by atoms with van der Waals surface area (Å²) in [6, 6.07) is 10.2. The number of ether oxygens (including phenoxy) is 1. The van der Waals surface area contributed by atoms with Crippen molar-refractivity contribution in [1.82, 2.24) is 15.1 Å². The van der Waals surface area contributed by atoms with E-state index in [0.29, 0.717) is 25.4 Å². The molecule has 2 fully saturated rings. The number of aromatic nitrogens is 2. The van der Waals surface area contributed by atoms with Crippen LogP contribution in [-0.2, 0) is 4.74 Å². The van der Waals surface area contributed by atoms with Gasteiger partial charge < -0.3 is 14.5 Å². The monoisotopic (exact) mass is 370 g/mol. The first kappa shape index (κ1) is 17.9. The van der Waals surface area contributed by atoms with E-state index < -0.39 is 0 Å². The van der Waals surface area contributed by atoms with Gasteiger partial charge in [-0.25, -0.2) is 4.39 Å². The predicted molar refractivity (Wildman–Crippen MR) is 99.1 cm³/mol. The zero-order chi connectivity index (χ0) is 18.9. The Bertz CT molecular complexity index is 791. The van der Waals surface area contributed by atoms with E-state index in [1.54, 1.807) is 30.5 Å². The lowest BCUT2D eigenvalue weighted by Gasteiger charge is -2.38. The molecule has 0 bridgehead atoms. The number of rotatable bonds is 3. The van der Waals surface area contributed by atoms with E-state index in [0.717, 1.165) is 24.9 Å². The SMILES string of the molecule is CN(c1ccc(F)cc1)[C@@H]1COC2(CCN(C(=O)c3cccnn3)CC2)C1. The summed E-state index contributed by atoms with van der Waals surface area (Å²) in [4.78, 5) is 16.5. The molecule has 0 saturated carbocycles. The van der Waals surface area contributed by atoms with Gasteiger partial charge in [-0.15, -0.1) is 5.10 Å². The molecule has 4 rings (SSSR count). The number of benzene rings is 1. The normalized spacial score (nSPS) is 21.4. The summed E-state index contributed by atoms with van der Waals surface area (Å²) in [6.07, 6.45) is 4.10. The van der Waals surface area contributed by atoms with Gasteiger partial charge in [-0.3, -0.25) is 4.79 Å². The average Bonchev–Trinajstić information content (AvgIpc) is 3.12. The van der Waals surface area contributed by atoms with Gasteiger partial charge in [-0.05, 0) is 55.7 Å². The van der Waals surface area contributed by atoms with Crippen LogP contribution in [-0.4, -0.2) is 59.4 Å². The lowest BCUT2D eigenvalue weighted by Crippen LogP contribution is -2.47. The second-order valence-electron chi connectivity index (χ2n) is 7.34. The van der Waals surface area contributed by atoms with Crippen molar-refractivity contribution in [1.29, 1.82) is 0 Å². The summed E-state index contributed by atoms with van der Waals surface area (Å²) in [5.74, 6) is -0.303. The molecule has 6 nitrogen and oxygen atoms in total. The first-order valence-corrected chi connectivity index (χ1v) is 9.26. The molecule has 2 aliphatic heterocycles. The summed E-state index contributed by atoms with van der Waals surface area (Å²) in [6.45, 7) is 1.96. The van der Waals surface area contributed by atoms with Crippen LogP contribution >= 0.6 is 0 Å². The topological polar surface area (TPSA) is 58.6 Å². The minimum absolute atomic E-state index is 0.0732. The Morgan fingerprint density at radius 1 is 1.26 bits per heavy atom. The molecule has 2 saturated heterocycles. The van der Waals surface area contributed by atoms with Crippen molar-refractivity contribution in [2.24, 2.45) is 0 Å². The highest BCUT2D eigenvalue weighted by atomic mass is 19.1. The maximum atomic E-state index is 13.2. The number of carbonyl (C=O) groups excluding carboxylic acids is 1. The summed E-state index contributed by atoms with van der Waals surface area (Å²) in [5, 5.41) is 7.70. The van der Waals surface area contributed by atoms with E-state index in [9.17, 15) is 9.18 Å². The summed E-state index contributed by atoms with van der Waals surface area (Å²) in [5.41, 5.74) is 1.19. The molecule has 7 heteroatoms. The van der Waals surface area contributed by atoms with Gasteiger partial charge >= 0.3 is 0 Å². The fraction of sp³-hybridized carbons (Fsp3) is 0.450. The fourth-order valence-electron chi connectivity index (χ4n) is 4.00. The van der Waals surface area contributed by atoms with Crippen LogP contribution in [0.4, 0.5) is 10.1 Å². The molecule has 1 aromatic carbocycles. The Labute approximate surface area is 157 Å². The van der Waals surface area contributed by atoms with Crippen LogP contribution in [0.5, 0.6) is 0 Å². The number of anilines is 1. The fourth-order valence-corrected chi connectivity index (χ4v) is 4.00. The number of carbonyl (C=O) groups is 1. The van der Waals surface area contributed by atoms with Gasteiger partial charge in [-0.2, -0.15) is 5.10 Å². The molecule has 0 N–H and O–H groups in total. The third-order valence-corrected chi connectivity index (χ3v) is 5.72. The Hall–Kier alpha value is -2.54. The van der Waals surface area contributed by atoms with Gasteiger partial charge in [0.15, 0.2) is 5.69 Å². The highest BCUT2D eigenvalue weighted by Crippen LogP contribution is 2.38. The predicted octanol–water partition coefficient (Wildman–Crippen LogP) is 2.52.